The molecule has 0 atom stereocenters. The highest BCUT2D eigenvalue weighted by Crippen LogP contribution is 2.20. The van der Waals surface area contributed by atoms with Crippen molar-refractivity contribution in [3.05, 3.63) is 117 Å². The van der Waals surface area contributed by atoms with Crippen LogP contribution in [0.2, 0.25) is 0 Å². The summed E-state index contributed by atoms with van der Waals surface area (Å²) in [6, 6.07) is 18.7. The quantitative estimate of drug-likeness (QED) is 0.315. The van der Waals surface area contributed by atoms with Crippen LogP contribution < -0.4 is 5.32 Å². The van der Waals surface area contributed by atoms with Gasteiger partial charge in [-0.1, -0.05) is 36.4 Å². The minimum absolute atomic E-state index is 0.273. The van der Waals surface area contributed by atoms with Crippen LogP contribution in [-0.4, -0.2) is 15.8 Å². The van der Waals surface area contributed by atoms with Gasteiger partial charge in [0, 0.05) is 29.7 Å². The molecule has 7 heteroatoms. The van der Waals surface area contributed by atoms with E-state index in [-0.39, 0.29) is 17.5 Å². The Morgan fingerprint density at radius 3 is 2.44 bits per heavy atom. The van der Waals surface area contributed by atoms with Crippen LogP contribution >= 0.6 is 11.3 Å². The van der Waals surface area contributed by atoms with Gasteiger partial charge in [0.15, 0.2) is 0 Å². The molecule has 1 aromatic heterocycles. The summed E-state index contributed by atoms with van der Waals surface area (Å²) in [7, 11) is 0. The number of aryl methyl sites for hydroxylation is 2. The van der Waals surface area contributed by atoms with E-state index < -0.39 is 0 Å². The zero-order chi connectivity index (χ0) is 24.1. The Balaban J connectivity index is 1.49. The monoisotopic (exact) mass is 477 g/mol. The van der Waals surface area contributed by atoms with E-state index >= 15 is 0 Å². The molecule has 34 heavy (non-hydrogen) atoms. The number of nitrogens with zero attached hydrogens (tertiary/aromatic N) is 2. The molecule has 0 spiro atoms. The van der Waals surface area contributed by atoms with Gasteiger partial charge >= 0.3 is 0 Å². The molecule has 4 aromatic rings. The third kappa shape index (κ3) is 6.12. The number of thiazole rings is 1. The first-order valence-electron chi connectivity index (χ1n) is 10.9. The van der Waals surface area contributed by atoms with Crippen LogP contribution in [0, 0.1) is 25.5 Å². The van der Waals surface area contributed by atoms with E-state index in [1.165, 1.54) is 29.5 Å². The van der Waals surface area contributed by atoms with Crippen LogP contribution in [0.1, 0.15) is 37.7 Å². The van der Waals surface area contributed by atoms with Crippen LogP contribution in [0.25, 0.3) is 0 Å². The second-order valence-electron chi connectivity index (χ2n) is 8.24. The second kappa shape index (κ2) is 10.7. The maximum absolute atomic E-state index is 14.3. The van der Waals surface area contributed by atoms with Crippen LogP contribution in [0.4, 0.5) is 14.5 Å². The zero-order valence-electron chi connectivity index (χ0n) is 19.0. The molecule has 0 saturated heterocycles. The normalized spacial score (nSPS) is 11.1. The van der Waals surface area contributed by atoms with Gasteiger partial charge in [-0.2, -0.15) is 0 Å². The van der Waals surface area contributed by atoms with Crippen molar-refractivity contribution in [1.29, 1.82) is 0 Å². The highest BCUT2D eigenvalue weighted by molar-refractivity contribution is 7.09. The third-order valence-electron chi connectivity index (χ3n) is 5.58. The first-order chi connectivity index (χ1) is 16.4. The molecule has 0 aliphatic rings. The van der Waals surface area contributed by atoms with Gasteiger partial charge in [-0.25, -0.2) is 13.8 Å². The van der Waals surface area contributed by atoms with Gasteiger partial charge in [0.05, 0.1) is 6.54 Å². The fourth-order valence-electron chi connectivity index (χ4n) is 3.58. The molecule has 1 heterocycles. The lowest BCUT2D eigenvalue weighted by molar-refractivity contribution is 0.102. The van der Waals surface area contributed by atoms with Crippen molar-refractivity contribution in [3.63, 3.8) is 0 Å². The molecule has 0 bridgehead atoms. The van der Waals surface area contributed by atoms with Gasteiger partial charge in [0.1, 0.15) is 22.3 Å². The van der Waals surface area contributed by atoms with Gasteiger partial charge in [0.2, 0.25) is 0 Å². The number of carbonyl (C=O) groups excluding carboxylic acids is 1. The van der Waals surface area contributed by atoms with Gasteiger partial charge in [-0.05, 0) is 60.9 Å². The fraction of sp³-hybridized carbons (Fsp3) is 0.185. The number of halogens is 2. The summed E-state index contributed by atoms with van der Waals surface area (Å²) < 4.78 is 27.6. The van der Waals surface area contributed by atoms with E-state index in [4.69, 9.17) is 0 Å². The van der Waals surface area contributed by atoms with Gasteiger partial charge in [-0.15, -0.1) is 11.3 Å². The first kappa shape index (κ1) is 23.7. The summed E-state index contributed by atoms with van der Waals surface area (Å²) >= 11 is 1.38. The summed E-state index contributed by atoms with van der Waals surface area (Å²) in [5, 5.41) is 5.36. The smallest absolute Gasteiger partial charge is 0.275 e. The SMILES string of the molecule is Cc1ccc(NC(=O)c2csc(CN(Cc3ccc(F)cc3)Cc3ccccc3F)n2)cc1C. The average Bonchev–Trinajstić information content (AvgIpc) is 3.28. The molecule has 0 unspecified atom stereocenters. The summed E-state index contributed by atoms with van der Waals surface area (Å²) in [4.78, 5) is 19.2. The number of anilines is 1. The van der Waals surface area contributed by atoms with Crippen molar-refractivity contribution < 1.29 is 13.6 Å². The maximum Gasteiger partial charge on any atom is 0.275 e. The van der Waals surface area contributed by atoms with Crippen molar-refractivity contribution in [2.75, 3.05) is 5.32 Å². The molecule has 174 valence electrons. The van der Waals surface area contributed by atoms with Crippen molar-refractivity contribution in [3.8, 4) is 0 Å². The Morgan fingerprint density at radius 2 is 1.71 bits per heavy atom. The van der Waals surface area contributed by atoms with E-state index in [2.05, 4.69) is 10.3 Å². The van der Waals surface area contributed by atoms with Gasteiger partial charge in [0.25, 0.3) is 5.91 Å². The van der Waals surface area contributed by atoms with Crippen LogP contribution in [-0.2, 0) is 19.6 Å². The van der Waals surface area contributed by atoms with E-state index in [9.17, 15) is 13.6 Å². The average molecular weight is 478 g/mol. The standard InChI is InChI=1S/C27H25F2N3OS/c1-18-7-12-23(13-19(18)2)30-27(33)25-17-34-26(31-25)16-32(14-20-8-10-22(28)11-9-20)15-21-5-3-4-6-24(21)29/h3-13,17H,14-16H2,1-2H3,(H,30,33). The van der Waals surface area contributed by atoms with E-state index in [0.717, 1.165) is 27.4 Å². The Kier molecular flexibility index (Phi) is 7.45. The summed E-state index contributed by atoms with van der Waals surface area (Å²) in [6.45, 7) is 5.28. The Morgan fingerprint density at radius 1 is 0.941 bits per heavy atom. The second-order valence-corrected chi connectivity index (χ2v) is 9.19. The third-order valence-corrected chi connectivity index (χ3v) is 6.41. The number of carbonyl (C=O) groups is 1. The highest BCUT2D eigenvalue weighted by atomic mass is 32.1. The molecule has 0 aliphatic heterocycles. The van der Waals surface area contributed by atoms with Crippen LogP contribution in [0.3, 0.4) is 0 Å². The molecule has 4 rings (SSSR count). The zero-order valence-corrected chi connectivity index (χ0v) is 19.8. The van der Waals surface area contributed by atoms with Crippen LogP contribution in [0.15, 0.2) is 72.1 Å². The number of amides is 1. The minimum Gasteiger partial charge on any atom is -0.321 e. The van der Waals surface area contributed by atoms with Crippen molar-refractivity contribution in [2.45, 2.75) is 33.5 Å². The molecule has 4 nitrogen and oxygen atoms in total. The largest absolute Gasteiger partial charge is 0.321 e. The first-order valence-corrected chi connectivity index (χ1v) is 11.8. The lowest BCUT2D eigenvalue weighted by atomic mass is 10.1. The number of rotatable bonds is 8. The number of nitrogens with one attached hydrogen (secondary N) is 1. The number of benzene rings is 3. The topological polar surface area (TPSA) is 45.2 Å². The van der Waals surface area contributed by atoms with E-state index in [1.54, 1.807) is 35.7 Å². The van der Waals surface area contributed by atoms with E-state index in [0.29, 0.717) is 30.9 Å². The van der Waals surface area contributed by atoms with Crippen molar-refractivity contribution >= 4 is 22.9 Å². The maximum atomic E-state index is 14.3. The molecule has 3 aromatic carbocycles. The summed E-state index contributed by atoms with van der Waals surface area (Å²) in [5.74, 6) is -0.854. The Hall–Kier alpha value is -3.42. The van der Waals surface area contributed by atoms with Gasteiger partial charge < -0.3 is 5.32 Å². The molecule has 0 fully saturated rings. The Labute approximate surface area is 201 Å². The predicted molar refractivity (Wildman–Crippen MR) is 132 cm³/mol. The predicted octanol–water partition coefficient (Wildman–Crippen LogP) is 6.49. The van der Waals surface area contributed by atoms with E-state index in [1.807, 2.05) is 36.9 Å². The lowest BCUT2D eigenvalue weighted by Crippen LogP contribution is -2.23. The summed E-state index contributed by atoms with van der Waals surface area (Å²) in [5.41, 5.74) is 4.79. The lowest BCUT2D eigenvalue weighted by Gasteiger charge is -2.22. The number of hydrogen-bond donors (Lipinski definition) is 1. The Bertz CT molecular complexity index is 1290. The molecule has 1 amide bonds. The molecular formula is C27H25F2N3OS. The summed E-state index contributed by atoms with van der Waals surface area (Å²) in [6.07, 6.45) is 0. The fourth-order valence-corrected chi connectivity index (χ4v) is 4.39. The number of hydrogen-bond acceptors (Lipinski definition) is 4. The number of aromatic nitrogens is 1. The molecule has 0 aliphatic carbocycles. The highest BCUT2D eigenvalue weighted by Gasteiger charge is 2.16. The minimum atomic E-state index is -0.302. The molecule has 1 N–H and O–H groups in total. The van der Waals surface area contributed by atoms with Gasteiger partial charge in [-0.3, -0.25) is 9.69 Å². The molecule has 0 saturated carbocycles. The van der Waals surface area contributed by atoms with Crippen molar-refractivity contribution in [2.24, 2.45) is 0 Å². The molecular weight excluding hydrogens is 452 g/mol. The molecule has 0 radical (unpaired) electrons. The van der Waals surface area contributed by atoms with Crippen LogP contribution in [0.5, 0.6) is 0 Å². The van der Waals surface area contributed by atoms with Crippen molar-refractivity contribution in [1.82, 2.24) is 9.88 Å².